The summed E-state index contributed by atoms with van der Waals surface area (Å²) in [4.78, 5) is 27.4. The van der Waals surface area contributed by atoms with E-state index >= 15 is 0 Å². The first-order valence-electron chi connectivity index (χ1n) is 9.73. The van der Waals surface area contributed by atoms with Crippen molar-refractivity contribution < 1.29 is 18.7 Å². The molecule has 4 rings (SSSR count). The number of nitrogens with one attached hydrogen (secondary N) is 1. The lowest BCUT2D eigenvalue weighted by Gasteiger charge is -2.26. The molecule has 0 atom stereocenters. The molecular formula is C22H20Cl2N2O4S. The molecule has 1 aromatic heterocycles. The second-order valence-electron chi connectivity index (χ2n) is 7.00. The van der Waals surface area contributed by atoms with Gasteiger partial charge in [0.2, 0.25) is 11.7 Å². The second kappa shape index (κ2) is 9.96. The van der Waals surface area contributed by atoms with E-state index in [0.717, 1.165) is 5.56 Å². The number of thioether (sulfide) groups is 1. The molecule has 0 aliphatic carbocycles. The summed E-state index contributed by atoms with van der Waals surface area (Å²) in [5.74, 6) is 0.498. The highest BCUT2D eigenvalue weighted by Gasteiger charge is 2.27. The van der Waals surface area contributed by atoms with Gasteiger partial charge in [-0.2, -0.15) is 0 Å². The van der Waals surface area contributed by atoms with Crippen LogP contribution in [0.5, 0.6) is 0 Å². The Morgan fingerprint density at radius 2 is 1.84 bits per heavy atom. The fourth-order valence-electron chi connectivity index (χ4n) is 3.30. The summed E-state index contributed by atoms with van der Waals surface area (Å²) in [6.45, 7) is 1.95. The topological polar surface area (TPSA) is 71.8 Å². The van der Waals surface area contributed by atoms with Crippen LogP contribution in [0.3, 0.4) is 0 Å². The average Bonchev–Trinajstić information content (AvgIpc) is 3.14. The molecule has 31 heavy (non-hydrogen) atoms. The maximum atomic E-state index is 13.0. The lowest BCUT2D eigenvalue weighted by Crippen LogP contribution is -2.40. The van der Waals surface area contributed by atoms with Gasteiger partial charge in [0.15, 0.2) is 0 Å². The number of hydrogen-bond donors (Lipinski definition) is 1. The molecule has 1 aliphatic rings. The number of rotatable bonds is 6. The van der Waals surface area contributed by atoms with Gasteiger partial charge in [-0.25, -0.2) is 0 Å². The average molecular weight is 479 g/mol. The summed E-state index contributed by atoms with van der Waals surface area (Å²) in [5, 5.41) is 4.56. The van der Waals surface area contributed by atoms with Crippen LogP contribution in [0.1, 0.15) is 16.1 Å². The van der Waals surface area contributed by atoms with Crippen molar-refractivity contribution in [1.82, 2.24) is 4.90 Å². The van der Waals surface area contributed by atoms with Crippen molar-refractivity contribution in [1.29, 1.82) is 0 Å². The van der Waals surface area contributed by atoms with Crippen molar-refractivity contribution in [3.8, 4) is 0 Å². The Hall–Kier alpha value is -2.19. The number of ether oxygens (including phenoxy) is 1. The van der Waals surface area contributed by atoms with Gasteiger partial charge < -0.3 is 19.4 Å². The summed E-state index contributed by atoms with van der Waals surface area (Å²) >= 11 is 13.4. The monoisotopic (exact) mass is 478 g/mol. The van der Waals surface area contributed by atoms with Crippen LogP contribution < -0.4 is 5.32 Å². The highest BCUT2D eigenvalue weighted by Crippen LogP contribution is 2.32. The highest BCUT2D eigenvalue weighted by molar-refractivity contribution is 7.99. The Bertz CT molecular complexity index is 1110. The van der Waals surface area contributed by atoms with Crippen molar-refractivity contribution in [2.45, 2.75) is 5.75 Å². The second-order valence-corrected chi connectivity index (χ2v) is 8.80. The predicted molar refractivity (Wildman–Crippen MR) is 124 cm³/mol. The number of morpholine rings is 1. The van der Waals surface area contributed by atoms with E-state index in [1.807, 2.05) is 24.3 Å². The van der Waals surface area contributed by atoms with Gasteiger partial charge in [-0.15, -0.1) is 11.8 Å². The number of anilines is 1. The number of fused-ring (bicyclic) bond motifs is 1. The van der Waals surface area contributed by atoms with E-state index in [4.69, 9.17) is 32.4 Å². The van der Waals surface area contributed by atoms with Crippen LogP contribution in [0, 0.1) is 0 Å². The smallest absolute Gasteiger partial charge is 0.291 e. The van der Waals surface area contributed by atoms with Crippen LogP contribution in [-0.4, -0.2) is 48.8 Å². The highest BCUT2D eigenvalue weighted by atomic mass is 35.5. The van der Waals surface area contributed by atoms with E-state index in [0.29, 0.717) is 58.8 Å². The molecule has 0 saturated carbocycles. The molecule has 0 spiro atoms. The number of carbonyl (C=O) groups excluding carboxylic acids is 2. The van der Waals surface area contributed by atoms with Gasteiger partial charge in [-0.1, -0.05) is 41.4 Å². The van der Waals surface area contributed by atoms with Gasteiger partial charge in [-0.05, 0) is 29.8 Å². The Labute approximate surface area is 193 Å². The van der Waals surface area contributed by atoms with Crippen molar-refractivity contribution in [3.63, 3.8) is 0 Å². The van der Waals surface area contributed by atoms with Gasteiger partial charge in [0.25, 0.3) is 5.91 Å². The Kier molecular flexibility index (Phi) is 7.07. The molecule has 1 saturated heterocycles. The molecular weight excluding hydrogens is 459 g/mol. The van der Waals surface area contributed by atoms with E-state index in [1.54, 1.807) is 23.1 Å². The lowest BCUT2D eigenvalue weighted by atomic mass is 10.2. The molecule has 1 fully saturated rings. The first-order chi connectivity index (χ1) is 15.0. The Morgan fingerprint density at radius 3 is 2.61 bits per heavy atom. The van der Waals surface area contributed by atoms with Crippen molar-refractivity contribution in [2.24, 2.45) is 0 Å². The number of carbonyl (C=O) groups is 2. The fourth-order valence-corrected chi connectivity index (χ4v) is 4.39. The van der Waals surface area contributed by atoms with Crippen LogP contribution in [0.15, 0.2) is 46.9 Å². The zero-order valence-corrected chi connectivity index (χ0v) is 18.9. The van der Waals surface area contributed by atoms with E-state index < -0.39 is 0 Å². The zero-order valence-electron chi connectivity index (χ0n) is 16.5. The molecule has 2 heterocycles. The van der Waals surface area contributed by atoms with Gasteiger partial charge in [0, 0.05) is 24.2 Å². The molecule has 6 nitrogen and oxygen atoms in total. The van der Waals surface area contributed by atoms with E-state index in [-0.39, 0.29) is 23.3 Å². The largest absolute Gasteiger partial charge is 0.449 e. The van der Waals surface area contributed by atoms with Crippen LogP contribution in [0.4, 0.5) is 5.69 Å². The molecule has 0 bridgehead atoms. The number of benzene rings is 2. The quantitative estimate of drug-likeness (QED) is 0.534. The minimum atomic E-state index is -0.252. The Balaban J connectivity index is 1.46. The molecule has 2 aromatic carbocycles. The first-order valence-corrected chi connectivity index (χ1v) is 11.6. The summed E-state index contributed by atoms with van der Waals surface area (Å²) in [6.07, 6.45) is 0. The molecule has 162 valence electrons. The minimum Gasteiger partial charge on any atom is -0.449 e. The molecule has 9 heteroatoms. The number of furan rings is 1. The SMILES string of the molecule is O=C(CSCc1ccc(Cl)c(Cl)c1)Nc1c(C(=O)N2CCOCC2)oc2ccccc12. The number of para-hydroxylation sites is 1. The van der Waals surface area contributed by atoms with Crippen LogP contribution in [0.25, 0.3) is 11.0 Å². The van der Waals surface area contributed by atoms with Crippen LogP contribution in [-0.2, 0) is 15.3 Å². The minimum absolute atomic E-state index is 0.144. The van der Waals surface area contributed by atoms with E-state index in [2.05, 4.69) is 5.32 Å². The van der Waals surface area contributed by atoms with Gasteiger partial charge >= 0.3 is 0 Å². The normalized spacial score (nSPS) is 14.1. The van der Waals surface area contributed by atoms with Crippen LogP contribution in [0.2, 0.25) is 10.0 Å². The van der Waals surface area contributed by atoms with Crippen LogP contribution >= 0.6 is 35.0 Å². The summed E-state index contributed by atoms with van der Waals surface area (Å²) in [5.41, 5.74) is 1.94. The molecule has 1 aliphatic heterocycles. The number of amides is 2. The molecule has 1 N–H and O–H groups in total. The third-order valence-corrected chi connectivity index (χ3v) is 6.58. The van der Waals surface area contributed by atoms with Gasteiger partial charge in [0.05, 0.1) is 29.0 Å². The third kappa shape index (κ3) is 5.18. The van der Waals surface area contributed by atoms with Gasteiger partial charge in [0.1, 0.15) is 11.3 Å². The zero-order chi connectivity index (χ0) is 21.8. The molecule has 0 unspecified atom stereocenters. The van der Waals surface area contributed by atoms with Crippen molar-refractivity contribution in [3.05, 3.63) is 63.8 Å². The summed E-state index contributed by atoms with van der Waals surface area (Å²) in [6, 6.07) is 12.7. The standard InChI is InChI=1S/C22H20Cl2N2O4S/c23-16-6-5-14(11-17(16)24)12-31-13-19(27)25-20-15-3-1-2-4-18(15)30-21(20)22(28)26-7-9-29-10-8-26/h1-6,11H,7-10,12-13H2,(H,25,27). The van der Waals surface area contributed by atoms with E-state index in [1.165, 1.54) is 11.8 Å². The maximum absolute atomic E-state index is 13.0. The number of halogens is 2. The molecule has 0 radical (unpaired) electrons. The predicted octanol–water partition coefficient (Wildman–Crippen LogP) is 5.08. The van der Waals surface area contributed by atoms with Crippen molar-refractivity contribution in [2.75, 3.05) is 37.4 Å². The number of hydrogen-bond acceptors (Lipinski definition) is 5. The third-order valence-electron chi connectivity index (χ3n) is 4.84. The lowest BCUT2D eigenvalue weighted by molar-refractivity contribution is -0.113. The molecule has 2 amide bonds. The summed E-state index contributed by atoms with van der Waals surface area (Å²) < 4.78 is 11.2. The Morgan fingerprint density at radius 1 is 1.06 bits per heavy atom. The first kappa shape index (κ1) is 22.0. The number of nitrogens with zero attached hydrogens (tertiary/aromatic N) is 1. The van der Waals surface area contributed by atoms with Gasteiger partial charge in [-0.3, -0.25) is 9.59 Å². The summed E-state index contributed by atoms with van der Waals surface area (Å²) in [7, 11) is 0. The fraction of sp³-hybridized carbons (Fsp3) is 0.273. The van der Waals surface area contributed by atoms with E-state index in [9.17, 15) is 9.59 Å². The van der Waals surface area contributed by atoms with Crippen molar-refractivity contribution >= 4 is 63.4 Å². The molecule has 3 aromatic rings. The maximum Gasteiger partial charge on any atom is 0.291 e.